The molecule has 8 nitrogen and oxygen atoms in total. The molecule has 0 radical (unpaired) electrons. The molecule has 2 atom stereocenters. The summed E-state index contributed by atoms with van der Waals surface area (Å²) in [7, 11) is 0. The molecule has 384 valence electrons. The fourth-order valence-electron chi connectivity index (χ4n) is 8.56. The van der Waals surface area contributed by atoms with Crippen LogP contribution in [-0.2, 0) is 28.7 Å². The number of hydrogen-bond donors (Lipinski definition) is 2. The zero-order valence-corrected chi connectivity index (χ0v) is 44.4. The minimum atomic E-state index is -0.685. The predicted molar refractivity (Wildman–Crippen MR) is 280 cm³/mol. The van der Waals surface area contributed by atoms with Crippen LogP contribution in [0.15, 0.2) is 0 Å². The first-order chi connectivity index (χ1) is 31.9. The molecular weight excluding hydrogens is 829 g/mol. The molecule has 2 amide bonds. The summed E-state index contributed by atoms with van der Waals surface area (Å²) in [5.41, 5.74) is 0. The van der Waals surface area contributed by atoms with Gasteiger partial charge in [0.05, 0.1) is 0 Å². The van der Waals surface area contributed by atoms with Gasteiger partial charge in [0.25, 0.3) is 0 Å². The van der Waals surface area contributed by atoms with E-state index in [1.807, 2.05) is 6.92 Å². The second-order valence-electron chi connectivity index (χ2n) is 19.3. The van der Waals surface area contributed by atoms with E-state index in [1.54, 1.807) is 0 Å². The first-order valence-electron chi connectivity index (χ1n) is 28.4. The van der Waals surface area contributed by atoms with Crippen LogP contribution in [0.2, 0.25) is 0 Å². The maximum atomic E-state index is 13.0. The Morgan fingerprint density at radius 1 is 0.400 bits per heavy atom. The van der Waals surface area contributed by atoms with Gasteiger partial charge < -0.3 is 20.1 Å². The summed E-state index contributed by atoms with van der Waals surface area (Å²) < 4.78 is 11.6. The predicted octanol–water partition coefficient (Wildman–Crippen LogP) is 16.2. The van der Waals surface area contributed by atoms with Crippen LogP contribution in [0.5, 0.6) is 0 Å². The third-order valence-corrected chi connectivity index (χ3v) is 14.0. The number of hydrogen-bond acceptors (Lipinski definition) is 7. The third kappa shape index (κ3) is 47.1. The number of thioether (sulfide) groups is 1. The van der Waals surface area contributed by atoms with Crippen molar-refractivity contribution in [2.45, 2.75) is 310 Å². The van der Waals surface area contributed by atoms with E-state index in [0.717, 1.165) is 57.8 Å². The number of rotatable bonds is 52. The van der Waals surface area contributed by atoms with Crippen molar-refractivity contribution in [3.8, 4) is 0 Å². The highest BCUT2D eigenvalue weighted by Gasteiger charge is 2.23. The first kappa shape index (κ1) is 63.2. The Labute approximate surface area is 407 Å². The van der Waals surface area contributed by atoms with Crippen molar-refractivity contribution in [1.29, 1.82) is 0 Å². The molecule has 0 aliphatic heterocycles. The zero-order chi connectivity index (χ0) is 47.5. The van der Waals surface area contributed by atoms with Gasteiger partial charge in [0.15, 0.2) is 0 Å². The molecule has 0 spiro atoms. The van der Waals surface area contributed by atoms with Crippen molar-refractivity contribution in [3.05, 3.63) is 0 Å². The second-order valence-corrected chi connectivity index (χ2v) is 20.4. The highest BCUT2D eigenvalue weighted by Crippen LogP contribution is 2.18. The van der Waals surface area contributed by atoms with Crippen LogP contribution in [0.3, 0.4) is 0 Å². The summed E-state index contributed by atoms with van der Waals surface area (Å²) >= 11 is 1.45. The lowest BCUT2D eigenvalue weighted by molar-refractivity contribution is -0.157. The third-order valence-electron chi connectivity index (χ3n) is 12.8. The number of amides is 2. The molecule has 0 aromatic carbocycles. The van der Waals surface area contributed by atoms with Crippen molar-refractivity contribution in [1.82, 2.24) is 10.6 Å². The number of ether oxygens (including phenoxy) is 2. The summed E-state index contributed by atoms with van der Waals surface area (Å²) in [6, 6.07) is -0.685. The fraction of sp³-hybridized carbons (Fsp3) is 0.929. The Morgan fingerprint density at radius 2 is 0.723 bits per heavy atom. The molecule has 9 heteroatoms. The average Bonchev–Trinajstić information content (AvgIpc) is 3.29. The van der Waals surface area contributed by atoms with Crippen molar-refractivity contribution in [3.63, 3.8) is 0 Å². The van der Waals surface area contributed by atoms with E-state index in [-0.39, 0.29) is 30.4 Å². The van der Waals surface area contributed by atoms with Gasteiger partial charge in [0.1, 0.15) is 18.8 Å². The monoisotopic (exact) mass is 937 g/mol. The minimum absolute atomic E-state index is 0.00580. The van der Waals surface area contributed by atoms with Gasteiger partial charge in [-0.2, -0.15) is 11.8 Å². The number of unbranched alkanes of at least 4 members (excludes halogenated alkanes) is 36. The van der Waals surface area contributed by atoms with E-state index in [0.29, 0.717) is 37.3 Å². The Hall–Kier alpha value is -1.77. The van der Waals surface area contributed by atoms with Crippen molar-refractivity contribution in [2.24, 2.45) is 0 Å². The highest BCUT2D eigenvalue weighted by molar-refractivity contribution is 7.99. The molecule has 0 bridgehead atoms. The number of likely N-dealkylation sites (N-methyl/N-ethyl adjacent to an activating group) is 1. The van der Waals surface area contributed by atoms with Crippen LogP contribution in [0.25, 0.3) is 0 Å². The minimum Gasteiger partial charge on any atom is -0.462 e. The van der Waals surface area contributed by atoms with Gasteiger partial charge in [-0.3, -0.25) is 19.2 Å². The number of esters is 2. The fourth-order valence-corrected chi connectivity index (χ4v) is 9.59. The van der Waals surface area contributed by atoms with Gasteiger partial charge in [-0.15, -0.1) is 0 Å². The first-order valence-corrected chi connectivity index (χ1v) is 29.5. The normalized spacial score (nSPS) is 12.2. The zero-order valence-electron chi connectivity index (χ0n) is 43.5. The van der Waals surface area contributed by atoms with E-state index < -0.39 is 12.1 Å². The van der Waals surface area contributed by atoms with Gasteiger partial charge in [0, 0.05) is 37.3 Å². The van der Waals surface area contributed by atoms with Gasteiger partial charge in [-0.25, -0.2) is 0 Å². The molecule has 0 unspecified atom stereocenters. The Kier molecular flexibility index (Phi) is 50.2. The van der Waals surface area contributed by atoms with Gasteiger partial charge in [-0.1, -0.05) is 252 Å². The van der Waals surface area contributed by atoms with E-state index in [2.05, 4.69) is 31.4 Å². The Morgan fingerprint density at radius 3 is 1.08 bits per heavy atom. The molecule has 0 fully saturated rings. The molecule has 0 heterocycles. The summed E-state index contributed by atoms with van der Waals surface area (Å²) in [5, 5.41) is 5.84. The topological polar surface area (TPSA) is 111 Å². The SMILES string of the molecule is CCCCCCCCCCCCCCCC(=O)N[C@@H](CSC[C@H](COC(=O)CCCCCCCCCCCCCCC)OC(=O)CCCCCCCCCCCCCCC)C(=O)NCC. The molecule has 65 heavy (non-hydrogen) atoms. The average molecular weight is 938 g/mol. The standard InChI is InChI=1S/C56H108N2O6S/c1-5-9-12-15-18-21-24-27-30-33-36-39-42-45-53(59)58-52(56(62)57-8-4)50-65-49-51(64-55(61)47-44-41-38-35-32-29-26-23-20-17-14-11-7-3)48-63-54(60)46-43-40-37-34-31-28-25-22-19-16-13-10-6-2/h51-52H,5-50H2,1-4H3,(H,57,62)(H,58,59)/t51-,52-/m0/s1. The highest BCUT2D eigenvalue weighted by atomic mass is 32.2. The quantitative estimate of drug-likeness (QED) is 0.0462. The molecular formula is C56H108N2O6S. The lowest BCUT2D eigenvalue weighted by atomic mass is 10.0. The second kappa shape index (κ2) is 51.6. The number of nitrogens with one attached hydrogen (secondary N) is 2. The van der Waals surface area contributed by atoms with Crippen molar-refractivity contribution < 1.29 is 28.7 Å². The van der Waals surface area contributed by atoms with Crippen LogP contribution in [0.4, 0.5) is 0 Å². The molecule has 2 N–H and O–H groups in total. The van der Waals surface area contributed by atoms with Gasteiger partial charge in [0.2, 0.25) is 11.8 Å². The maximum Gasteiger partial charge on any atom is 0.306 e. The van der Waals surface area contributed by atoms with E-state index in [9.17, 15) is 19.2 Å². The molecule has 0 aliphatic carbocycles. The summed E-state index contributed by atoms with van der Waals surface area (Å²) in [6.45, 7) is 9.14. The van der Waals surface area contributed by atoms with Crippen LogP contribution >= 0.6 is 11.8 Å². The molecule has 0 aromatic rings. The van der Waals surface area contributed by atoms with Crippen LogP contribution in [0.1, 0.15) is 297 Å². The van der Waals surface area contributed by atoms with Crippen molar-refractivity contribution >= 4 is 35.5 Å². The molecule has 0 aromatic heterocycles. The lowest BCUT2D eigenvalue weighted by Gasteiger charge is -2.21. The molecule has 0 rings (SSSR count). The number of carbonyl (C=O) groups is 4. The smallest absolute Gasteiger partial charge is 0.306 e. The largest absolute Gasteiger partial charge is 0.462 e. The summed E-state index contributed by atoms with van der Waals surface area (Å²) in [5.74, 6) is -0.114. The maximum absolute atomic E-state index is 13.0. The van der Waals surface area contributed by atoms with Crippen molar-refractivity contribution in [2.75, 3.05) is 24.7 Å². The van der Waals surface area contributed by atoms with Crippen LogP contribution in [0, 0.1) is 0 Å². The summed E-state index contributed by atoms with van der Waals surface area (Å²) in [6.07, 6.45) is 49.2. The molecule has 0 saturated heterocycles. The lowest BCUT2D eigenvalue weighted by Crippen LogP contribution is -2.48. The number of carbonyl (C=O) groups excluding carboxylic acids is 4. The van der Waals surface area contributed by atoms with E-state index in [1.165, 1.54) is 204 Å². The van der Waals surface area contributed by atoms with Crippen LogP contribution < -0.4 is 10.6 Å². The Balaban J connectivity index is 4.76. The van der Waals surface area contributed by atoms with Crippen LogP contribution in [-0.4, -0.2) is 60.6 Å². The molecule has 0 aliphatic rings. The van der Waals surface area contributed by atoms with Gasteiger partial charge >= 0.3 is 11.9 Å². The Bertz CT molecular complexity index is 1060. The molecule has 0 saturated carbocycles. The summed E-state index contributed by atoms with van der Waals surface area (Å²) in [4.78, 5) is 51.8. The van der Waals surface area contributed by atoms with E-state index in [4.69, 9.17) is 9.47 Å². The van der Waals surface area contributed by atoms with E-state index >= 15 is 0 Å². The van der Waals surface area contributed by atoms with Gasteiger partial charge in [-0.05, 0) is 26.2 Å².